The monoisotopic (exact) mass is 357 g/mol. The largest absolute Gasteiger partial charge is 0.446 e. The van der Waals surface area contributed by atoms with E-state index in [0.29, 0.717) is 17.5 Å². The highest BCUT2D eigenvalue weighted by Crippen LogP contribution is 2.43. The zero-order valence-electron chi connectivity index (χ0n) is 14.1. The van der Waals surface area contributed by atoms with Gasteiger partial charge in [-0.3, -0.25) is 0 Å². The Kier molecular flexibility index (Phi) is 5.38. The van der Waals surface area contributed by atoms with Crippen molar-refractivity contribution in [2.45, 2.75) is 51.7 Å². The lowest BCUT2D eigenvalue weighted by Crippen LogP contribution is -2.34. The molecular formula is C17H21ClFNO4. The molecule has 2 unspecified atom stereocenters. The molecule has 1 amide bonds. The summed E-state index contributed by atoms with van der Waals surface area (Å²) in [6.07, 6.45) is -0.148. The van der Waals surface area contributed by atoms with Crippen LogP contribution in [0.1, 0.15) is 67.6 Å². The normalized spacial score (nSPS) is 19.6. The third kappa shape index (κ3) is 3.98. The molecular weight excluding hydrogens is 337 g/mol. The van der Waals surface area contributed by atoms with Crippen molar-refractivity contribution in [3.63, 3.8) is 0 Å². The number of ether oxygens (including phenoxy) is 2. The maximum absolute atomic E-state index is 14.2. The zero-order chi connectivity index (χ0) is 18.1. The molecule has 24 heavy (non-hydrogen) atoms. The van der Waals surface area contributed by atoms with Crippen molar-refractivity contribution >= 4 is 23.7 Å². The molecule has 2 atom stereocenters. The van der Waals surface area contributed by atoms with Crippen molar-refractivity contribution in [1.29, 1.82) is 0 Å². The summed E-state index contributed by atoms with van der Waals surface area (Å²) in [5.74, 6) is -1.21. The Hall–Kier alpha value is -1.82. The number of benzene rings is 1. The maximum Gasteiger partial charge on any atom is 0.408 e. The van der Waals surface area contributed by atoms with E-state index in [0.717, 1.165) is 0 Å². The highest BCUT2D eigenvalue weighted by molar-refractivity contribution is 6.17. The lowest BCUT2D eigenvalue weighted by molar-refractivity contribution is 0.0495. The van der Waals surface area contributed by atoms with Gasteiger partial charge in [-0.05, 0) is 56.4 Å². The van der Waals surface area contributed by atoms with E-state index in [4.69, 9.17) is 21.1 Å². The van der Waals surface area contributed by atoms with Gasteiger partial charge in [-0.1, -0.05) is 18.5 Å². The SMILES string of the molecule is CC1CC(NC(=O)OC(C)(C)C)c2c(C(=O)OCCl)ccc(F)c21. The van der Waals surface area contributed by atoms with Crippen LogP contribution >= 0.6 is 11.6 Å². The van der Waals surface area contributed by atoms with Crippen LogP contribution in [0.2, 0.25) is 0 Å². The van der Waals surface area contributed by atoms with Crippen molar-refractivity contribution in [3.05, 3.63) is 34.6 Å². The van der Waals surface area contributed by atoms with E-state index >= 15 is 0 Å². The number of halogens is 2. The summed E-state index contributed by atoms with van der Waals surface area (Å²) >= 11 is 5.44. The Labute approximate surface area is 145 Å². The Balaban J connectivity index is 2.36. The van der Waals surface area contributed by atoms with E-state index in [2.05, 4.69) is 5.32 Å². The summed E-state index contributed by atoms with van der Waals surface area (Å²) < 4.78 is 24.3. The molecule has 1 N–H and O–H groups in total. The lowest BCUT2D eigenvalue weighted by Gasteiger charge is -2.22. The fraction of sp³-hybridized carbons (Fsp3) is 0.529. The van der Waals surface area contributed by atoms with Crippen LogP contribution in [0, 0.1) is 5.82 Å². The van der Waals surface area contributed by atoms with Crippen LogP contribution in [-0.2, 0) is 9.47 Å². The predicted octanol–water partition coefficient (Wildman–Crippen LogP) is 4.25. The standard InChI is InChI=1S/C17H21ClFNO4/c1-9-7-12(20-16(22)24-17(2,3)4)14-10(15(21)23-8-18)5-6-11(19)13(9)14/h5-6,9,12H,7-8H2,1-4H3,(H,20,22). The molecule has 0 saturated carbocycles. The van der Waals surface area contributed by atoms with Crippen molar-refractivity contribution in [2.75, 3.05) is 6.07 Å². The molecule has 0 bridgehead atoms. The first-order valence-corrected chi connectivity index (χ1v) is 8.22. The number of carbonyl (C=O) groups excluding carboxylic acids is 2. The van der Waals surface area contributed by atoms with Gasteiger partial charge >= 0.3 is 12.1 Å². The molecule has 0 saturated heterocycles. The maximum atomic E-state index is 14.2. The van der Waals surface area contributed by atoms with Crippen LogP contribution in [0.3, 0.4) is 0 Å². The van der Waals surface area contributed by atoms with Crippen molar-refractivity contribution in [1.82, 2.24) is 5.32 Å². The molecule has 0 heterocycles. The van der Waals surface area contributed by atoms with Gasteiger partial charge in [-0.2, -0.15) is 0 Å². The number of fused-ring (bicyclic) bond motifs is 1. The Morgan fingerprint density at radius 3 is 2.58 bits per heavy atom. The molecule has 0 radical (unpaired) electrons. The van der Waals surface area contributed by atoms with Gasteiger partial charge in [0.05, 0.1) is 11.6 Å². The summed E-state index contributed by atoms with van der Waals surface area (Å²) in [7, 11) is 0. The number of amides is 1. The third-order valence-electron chi connectivity index (χ3n) is 3.76. The van der Waals surface area contributed by atoms with Crippen LogP contribution in [0.15, 0.2) is 12.1 Å². The molecule has 0 spiro atoms. The number of nitrogens with one attached hydrogen (secondary N) is 1. The molecule has 1 aromatic rings. The van der Waals surface area contributed by atoms with E-state index in [1.807, 2.05) is 6.92 Å². The zero-order valence-corrected chi connectivity index (χ0v) is 14.9. The third-order valence-corrected chi connectivity index (χ3v) is 3.87. The Morgan fingerprint density at radius 1 is 1.33 bits per heavy atom. The molecule has 0 aromatic heterocycles. The van der Waals surface area contributed by atoms with Crippen LogP contribution in [-0.4, -0.2) is 23.7 Å². The van der Waals surface area contributed by atoms with Crippen LogP contribution in [0.5, 0.6) is 0 Å². The Bertz CT molecular complexity index is 657. The van der Waals surface area contributed by atoms with E-state index in [9.17, 15) is 14.0 Å². The summed E-state index contributed by atoms with van der Waals surface area (Å²) in [6.45, 7) is 7.09. The number of alkyl carbamates (subject to hydrolysis) is 1. The first-order valence-electron chi connectivity index (χ1n) is 7.69. The van der Waals surface area contributed by atoms with Crippen molar-refractivity contribution in [2.24, 2.45) is 0 Å². The van der Waals surface area contributed by atoms with Gasteiger partial charge in [0, 0.05) is 0 Å². The smallest absolute Gasteiger partial charge is 0.408 e. The van der Waals surface area contributed by atoms with Gasteiger partial charge < -0.3 is 14.8 Å². The second-order valence-electron chi connectivity index (χ2n) is 6.80. The summed E-state index contributed by atoms with van der Waals surface area (Å²) in [5, 5.41) is 2.72. The minimum atomic E-state index is -0.653. The molecule has 132 valence electrons. The molecule has 2 rings (SSSR count). The first-order chi connectivity index (χ1) is 11.1. The minimum Gasteiger partial charge on any atom is -0.446 e. The molecule has 5 nitrogen and oxygen atoms in total. The van der Waals surface area contributed by atoms with Gasteiger partial charge in [0.15, 0.2) is 6.07 Å². The van der Waals surface area contributed by atoms with Crippen LogP contribution in [0.25, 0.3) is 0 Å². The number of hydrogen-bond donors (Lipinski definition) is 1. The average molecular weight is 358 g/mol. The number of esters is 1. The number of rotatable bonds is 3. The predicted molar refractivity (Wildman–Crippen MR) is 87.7 cm³/mol. The molecule has 1 aromatic carbocycles. The second kappa shape index (κ2) is 6.97. The number of carbonyl (C=O) groups is 2. The highest BCUT2D eigenvalue weighted by Gasteiger charge is 2.36. The first kappa shape index (κ1) is 18.5. The van der Waals surface area contributed by atoms with Gasteiger partial charge in [0.1, 0.15) is 11.4 Å². The minimum absolute atomic E-state index is 0.149. The van der Waals surface area contributed by atoms with Crippen LogP contribution < -0.4 is 5.32 Å². The highest BCUT2D eigenvalue weighted by atomic mass is 35.5. The van der Waals surface area contributed by atoms with E-state index in [1.54, 1.807) is 20.8 Å². The van der Waals surface area contributed by atoms with Crippen LogP contribution in [0.4, 0.5) is 9.18 Å². The molecule has 1 aliphatic carbocycles. The van der Waals surface area contributed by atoms with Gasteiger partial charge in [0.25, 0.3) is 0 Å². The van der Waals surface area contributed by atoms with E-state index in [-0.39, 0.29) is 17.5 Å². The van der Waals surface area contributed by atoms with Gasteiger partial charge in [-0.25, -0.2) is 14.0 Å². The number of hydrogen-bond acceptors (Lipinski definition) is 4. The van der Waals surface area contributed by atoms with Gasteiger partial charge in [0.2, 0.25) is 0 Å². The van der Waals surface area contributed by atoms with Crippen molar-refractivity contribution in [3.8, 4) is 0 Å². The molecule has 7 heteroatoms. The quantitative estimate of drug-likeness (QED) is 0.648. The van der Waals surface area contributed by atoms with Gasteiger partial charge in [-0.15, -0.1) is 0 Å². The van der Waals surface area contributed by atoms with E-state index in [1.165, 1.54) is 12.1 Å². The fourth-order valence-corrected chi connectivity index (χ4v) is 3.06. The summed E-state index contributed by atoms with van der Waals surface area (Å²) in [4.78, 5) is 24.2. The second-order valence-corrected chi connectivity index (χ2v) is 7.02. The fourth-order valence-electron chi connectivity index (χ4n) is 2.96. The number of alkyl halides is 1. The summed E-state index contributed by atoms with van der Waals surface area (Å²) in [6, 6.07) is 1.75. The summed E-state index contributed by atoms with van der Waals surface area (Å²) in [5.41, 5.74) is 0.403. The average Bonchev–Trinajstić information content (AvgIpc) is 2.75. The molecule has 0 aliphatic heterocycles. The van der Waals surface area contributed by atoms with E-state index < -0.39 is 29.5 Å². The lowest BCUT2D eigenvalue weighted by atomic mass is 9.98. The molecule has 1 aliphatic rings. The van der Waals surface area contributed by atoms with Crippen molar-refractivity contribution < 1.29 is 23.5 Å². The topological polar surface area (TPSA) is 64.6 Å². The Morgan fingerprint density at radius 2 is 2.00 bits per heavy atom. The molecule has 0 fully saturated rings.